The highest BCUT2D eigenvalue weighted by molar-refractivity contribution is 5.27. The topological polar surface area (TPSA) is 12.9 Å². The Balaban J connectivity index is 2.51. The van der Waals surface area contributed by atoms with Crippen molar-refractivity contribution < 1.29 is 0 Å². The lowest BCUT2D eigenvalue weighted by atomic mass is 10.1. The number of aromatic nitrogens is 1. The Bertz CT molecular complexity index is 242. The molecule has 52 valence electrons. The van der Waals surface area contributed by atoms with Gasteiger partial charge in [0.25, 0.3) is 0 Å². The second kappa shape index (κ2) is 2.08. The normalized spacial score (nSPS) is 22.7. The third kappa shape index (κ3) is 0.737. The van der Waals surface area contributed by atoms with Gasteiger partial charge in [-0.3, -0.25) is 4.98 Å². The fourth-order valence-corrected chi connectivity index (χ4v) is 1.61. The zero-order chi connectivity index (χ0) is 6.97. The Morgan fingerprint density at radius 3 is 3.30 bits per heavy atom. The predicted octanol–water partition coefficient (Wildman–Crippen LogP) is 2.13. The van der Waals surface area contributed by atoms with Crippen molar-refractivity contribution in [2.45, 2.75) is 25.7 Å². The van der Waals surface area contributed by atoms with E-state index in [2.05, 4.69) is 18.0 Å². The van der Waals surface area contributed by atoms with Crippen LogP contribution in [0.2, 0.25) is 0 Å². The number of hydrogen-bond donors (Lipinski definition) is 0. The highest BCUT2D eigenvalue weighted by Gasteiger charge is 2.18. The number of fused-ring (bicyclic) bond motifs is 1. The molecule has 0 aromatic carbocycles. The standard InChI is InChI=1S/C9H11N/c1-7-4-5-8-3-2-6-10-9(7)8/h2-3,6-7H,4-5H2,1H3. The van der Waals surface area contributed by atoms with E-state index in [1.165, 1.54) is 24.1 Å². The molecule has 0 spiro atoms. The van der Waals surface area contributed by atoms with Crippen LogP contribution in [0.5, 0.6) is 0 Å². The zero-order valence-corrected chi connectivity index (χ0v) is 6.17. The van der Waals surface area contributed by atoms with Crippen LogP contribution in [0.25, 0.3) is 0 Å². The summed E-state index contributed by atoms with van der Waals surface area (Å²) >= 11 is 0. The summed E-state index contributed by atoms with van der Waals surface area (Å²) in [4.78, 5) is 4.34. The molecule has 0 aliphatic heterocycles. The zero-order valence-electron chi connectivity index (χ0n) is 6.17. The van der Waals surface area contributed by atoms with Gasteiger partial charge in [0, 0.05) is 11.9 Å². The Kier molecular flexibility index (Phi) is 1.23. The first-order valence-corrected chi connectivity index (χ1v) is 3.81. The summed E-state index contributed by atoms with van der Waals surface area (Å²) in [5, 5.41) is 0. The number of aryl methyl sites for hydroxylation is 1. The van der Waals surface area contributed by atoms with E-state index in [0.29, 0.717) is 5.92 Å². The van der Waals surface area contributed by atoms with Crippen molar-refractivity contribution in [2.75, 3.05) is 0 Å². The first-order chi connectivity index (χ1) is 4.88. The molecule has 10 heavy (non-hydrogen) atoms. The lowest BCUT2D eigenvalue weighted by Gasteiger charge is -1.99. The van der Waals surface area contributed by atoms with E-state index in [9.17, 15) is 0 Å². The Morgan fingerprint density at radius 1 is 1.60 bits per heavy atom. The highest BCUT2D eigenvalue weighted by atomic mass is 14.7. The molecule has 1 aromatic rings. The van der Waals surface area contributed by atoms with Crippen molar-refractivity contribution in [3.05, 3.63) is 29.6 Å². The first-order valence-electron chi connectivity index (χ1n) is 3.81. The predicted molar refractivity (Wildman–Crippen MR) is 41.0 cm³/mol. The monoisotopic (exact) mass is 133 g/mol. The summed E-state index contributed by atoms with van der Waals surface area (Å²) in [5.74, 6) is 0.691. The number of hydrogen-bond acceptors (Lipinski definition) is 1. The van der Waals surface area contributed by atoms with Gasteiger partial charge in [-0.2, -0.15) is 0 Å². The number of pyridine rings is 1. The van der Waals surface area contributed by atoms with E-state index in [0.717, 1.165) is 0 Å². The molecule has 0 amide bonds. The second-order valence-electron chi connectivity index (χ2n) is 2.99. The summed E-state index contributed by atoms with van der Waals surface area (Å²) < 4.78 is 0. The van der Waals surface area contributed by atoms with Crippen LogP contribution in [0.3, 0.4) is 0 Å². The van der Waals surface area contributed by atoms with Gasteiger partial charge in [0.2, 0.25) is 0 Å². The molecule has 1 aromatic heterocycles. The van der Waals surface area contributed by atoms with E-state index in [4.69, 9.17) is 0 Å². The average Bonchev–Trinajstić information content (AvgIpc) is 2.34. The molecule has 0 saturated heterocycles. The fourth-order valence-electron chi connectivity index (χ4n) is 1.61. The molecule has 1 nitrogen and oxygen atoms in total. The first kappa shape index (κ1) is 5.90. The molecule has 1 aliphatic rings. The van der Waals surface area contributed by atoms with Crippen LogP contribution in [-0.2, 0) is 6.42 Å². The van der Waals surface area contributed by atoms with Crippen LogP contribution in [-0.4, -0.2) is 4.98 Å². The maximum absolute atomic E-state index is 4.34. The van der Waals surface area contributed by atoms with Crippen LogP contribution in [0.4, 0.5) is 0 Å². The van der Waals surface area contributed by atoms with Crippen molar-refractivity contribution in [1.82, 2.24) is 4.98 Å². The summed E-state index contributed by atoms with van der Waals surface area (Å²) in [5.41, 5.74) is 2.78. The number of nitrogens with zero attached hydrogens (tertiary/aromatic N) is 1. The van der Waals surface area contributed by atoms with E-state index in [1.54, 1.807) is 0 Å². The van der Waals surface area contributed by atoms with E-state index >= 15 is 0 Å². The molecule has 2 rings (SSSR count). The van der Waals surface area contributed by atoms with Crippen molar-refractivity contribution in [3.8, 4) is 0 Å². The van der Waals surface area contributed by atoms with Gasteiger partial charge in [0.05, 0.1) is 0 Å². The van der Waals surface area contributed by atoms with Crippen LogP contribution in [0.1, 0.15) is 30.5 Å². The third-order valence-electron chi connectivity index (χ3n) is 2.24. The molecule has 1 atom stereocenters. The minimum Gasteiger partial charge on any atom is -0.261 e. The SMILES string of the molecule is CC1CCc2cccnc21. The van der Waals surface area contributed by atoms with Gasteiger partial charge in [-0.25, -0.2) is 0 Å². The Morgan fingerprint density at radius 2 is 2.50 bits per heavy atom. The smallest absolute Gasteiger partial charge is 0.0463 e. The molecule has 1 unspecified atom stereocenters. The van der Waals surface area contributed by atoms with Crippen LogP contribution in [0.15, 0.2) is 18.3 Å². The Hall–Kier alpha value is -0.850. The maximum atomic E-state index is 4.34. The molecular weight excluding hydrogens is 122 g/mol. The molecule has 0 bridgehead atoms. The largest absolute Gasteiger partial charge is 0.261 e. The number of rotatable bonds is 0. The quantitative estimate of drug-likeness (QED) is 0.528. The van der Waals surface area contributed by atoms with Crippen LogP contribution in [0, 0.1) is 0 Å². The third-order valence-corrected chi connectivity index (χ3v) is 2.24. The summed E-state index contributed by atoms with van der Waals surface area (Å²) in [7, 11) is 0. The van der Waals surface area contributed by atoms with Gasteiger partial charge in [-0.15, -0.1) is 0 Å². The lowest BCUT2D eigenvalue weighted by Crippen LogP contribution is -1.89. The van der Waals surface area contributed by atoms with Crippen LogP contribution >= 0.6 is 0 Å². The van der Waals surface area contributed by atoms with Crippen molar-refractivity contribution in [2.24, 2.45) is 0 Å². The van der Waals surface area contributed by atoms with Gasteiger partial charge in [0.15, 0.2) is 0 Å². The van der Waals surface area contributed by atoms with E-state index in [-0.39, 0.29) is 0 Å². The van der Waals surface area contributed by atoms with Gasteiger partial charge in [0.1, 0.15) is 0 Å². The molecule has 1 heteroatoms. The molecule has 1 aliphatic carbocycles. The second-order valence-corrected chi connectivity index (χ2v) is 2.99. The summed E-state index contributed by atoms with van der Waals surface area (Å²) in [6.07, 6.45) is 4.40. The molecular formula is C9H11N. The van der Waals surface area contributed by atoms with Crippen molar-refractivity contribution in [3.63, 3.8) is 0 Å². The van der Waals surface area contributed by atoms with Crippen molar-refractivity contribution >= 4 is 0 Å². The highest BCUT2D eigenvalue weighted by Crippen LogP contribution is 2.29. The maximum Gasteiger partial charge on any atom is 0.0463 e. The average molecular weight is 133 g/mol. The fraction of sp³-hybridized carbons (Fsp3) is 0.444. The van der Waals surface area contributed by atoms with Crippen LogP contribution < -0.4 is 0 Å². The molecule has 1 heterocycles. The van der Waals surface area contributed by atoms with Gasteiger partial charge < -0.3 is 0 Å². The molecule has 0 N–H and O–H groups in total. The van der Waals surface area contributed by atoms with Gasteiger partial charge >= 0.3 is 0 Å². The Labute approximate surface area is 61.1 Å². The minimum atomic E-state index is 0.691. The molecule has 0 fully saturated rings. The van der Waals surface area contributed by atoms with Gasteiger partial charge in [-0.1, -0.05) is 13.0 Å². The minimum absolute atomic E-state index is 0.691. The van der Waals surface area contributed by atoms with E-state index < -0.39 is 0 Å². The molecule has 0 radical (unpaired) electrons. The lowest BCUT2D eigenvalue weighted by molar-refractivity contribution is 0.731. The summed E-state index contributed by atoms with van der Waals surface area (Å²) in [6.45, 7) is 2.25. The molecule has 0 saturated carbocycles. The summed E-state index contributed by atoms with van der Waals surface area (Å²) in [6, 6.07) is 4.21. The van der Waals surface area contributed by atoms with E-state index in [1.807, 2.05) is 12.3 Å². The van der Waals surface area contributed by atoms with Gasteiger partial charge in [-0.05, 0) is 30.4 Å². The van der Waals surface area contributed by atoms with Crippen molar-refractivity contribution in [1.29, 1.82) is 0 Å².